The first-order chi connectivity index (χ1) is 6.81. The van der Waals surface area contributed by atoms with Crippen molar-refractivity contribution >= 4 is 18.5 Å². The zero-order valence-electron chi connectivity index (χ0n) is 8.55. The van der Waals surface area contributed by atoms with E-state index in [1.807, 2.05) is 0 Å². The van der Waals surface area contributed by atoms with Crippen LogP contribution in [0.5, 0.6) is 0 Å². The molecule has 0 rings (SSSR count). The van der Waals surface area contributed by atoms with Crippen molar-refractivity contribution in [1.82, 2.24) is 0 Å². The molecule has 0 heterocycles. The van der Waals surface area contributed by atoms with Gasteiger partial charge in [0.05, 0.1) is 0 Å². The van der Waals surface area contributed by atoms with Crippen molar-refractivity contribution < 1.29 is 119 Å². The summed E-state index contributed by atoms with van der Waals surface area (Å²) in [6.07, 6.45) is -5.43. The molecule has 14 heteroatoms. The number of rotatable bonds is 0. The van der Waals surface area contributed by atoms with Gasteiger partial charge in [-0.3, -0.25) is 9.78 Å². The molecule has 0 aromatic heterocycles. The number of carbonyl (C=O) groups is 3. The molecule has 17 heavy (non-hydrogen) atoms. The minimum absolute atomic E-state index is 0. The Balaban J connectivity index is -0.0000000400. The number of carboxylic acid groups (broad SMARTS) is 3. The molecule has 0 aliphatic rings. The fourth-order valence-electron chi connectivity index (χ4n) is 0. The summed E-state index contributed by atoms with van der Waals surface area (Å²) in [6.45, 7) is 0. The molecule has 0 radical (unpaired) electrons. The summed E-state index contributed by atoms with van der Waals surface area (Å²) in [6, 6.07) is 0. The Labute approximate surface area is 137 Å². The van der Waals surface area contributed by atoms with Gasteiger partial charge in [0.1, 0.15) is 0 Å². The standard InChI is InChI=1S/3CH2O4.2Na/c3*2-1(3)5-4;;/h3*4H,(H,2,3);;/q;;;2*+1/p-2. The Morgan fingerprint density at radius 1 is 0.882 bits per heavy atom. The van der Waals surface area contributed by atoms with Gasteiger partial charge in [-0.2, -0.15) is 10.5 Å². The third kappa shape index (κ3) is 90.8. The largest absolute Gasteiger partial charge is 1.00 e. The minimum atomic E-state index is -2.05. The fourth-order valence-corrected chi connectivity index (χ4v) is 0. The average molecular weight is 278 g/mol. The fraction of sp³-hybridized carbons (Fsp3) is 0. The summed E-state index contributed by atoms with van der Waals surface area (Å²) < 4.78 is 0. The molecule has 0 unspecified atom stereocenters. The summed E-state index contributed by atoms with van der Waals surface area (Å²) >= 11 is 0. The smallest absolute Gasteiger partial charge is 0.755 e. The van der Waals surface area contributed by atoms with Gasteiger partial charge in [0, 0.05) is 0 Å². The van der Waals surface area contributed by atoms with Crippen LogP contribution in [-0.4, -0.2) is 39.2 Å². The van der Waals surface area contributed by atoms with Crippen molar-refractivity contribution in [2.75, 3.05) is 0 Å². The van der Waals surface area contributed by atoms with Gasteiger partial charge in [-0.05, 0) is 0 Å². The summed E-state index contributed by atoms with van der Waals surface area (Å²) in [7, 11) is 0. The molecule has 90 valence electrons. The molecule has 0 saturated carbocycles. The zero-order chi connectivity index (χ0) is 12.9. The molecular weight excluding hydrogens is 274 g/mol. The van der Waals surface area contributed by atoms with E-state index in [0.29, 0.717) is 0 Å². The quantitative estimate of drug-likeness (QED) is 0.185. The predicted molar refractivity (Wildman–Crippen MR) is 30.0 cm³/mol. The van der Waals surface area contributed by atoms with Crippen LogP contribution < -0.4 is 69.5 Å². The van der Waals surface area contributed by atoms with Crippen LogP contribution in [0.1, 0.15) is 0 Å². The van der Waals surface area contributed by atoms with Gasteiger partial charge in [-0.1, -0.05) is 0 Å². The Morgan fingerprint density at radius 2 is 1.00 bits per heavy atom. The van der Waals surface area contributed by atoms with E-state index in [1.165, 1.54) is 0 Å². The van der Waals surface area contributed by atoms with E-state index in [1.54, 1.807) is 0 Å². The molecule has 0 saturated heterocycles. The molecule has 0 aromatic carbocycles. The average Bonchev–Trinajstić information content (AvgIpc) is 2.19. The van der Waals surface area contributed by atoms with E-state index >= 15 is 0 Å². The third-order valence-electron chi connectivity index (χ3n) is 0.224. The van der Waals surface area contributed by atoms with Crippen molar-refractivity contribution in [1.29, 1.82) is 0 Å². The molecule has 0 bridgehead atoms. The van der Waals surface area contributed by atoms with E-state index in [-0.39, 0.29) is 59.1 Å². The van der Waals surface area contributed by atoms with Crippen molar-refractivity contribution in [3.63, 3.8) is 0 Å². The minimum Gasteiger partial charge on any atom is -0.755 e. The molecule has 0 aliphatic heterocycles. The normalized spacial score (nSPS) is 5.82. The van der Waals surface area contributed by atoms with Crippen LogP contribution in [0.3, 0.4) is 0 Å². The van der Waals surface area contributed by atoms with E-state index in [9.17, 15) is 0 Å². The van der Waals surface area contributed by atoms with Crippen molar-refractivity contribution in [2.24, 2.45) is 0 Å². The monoisotopic (exact) mass is 278 g/mol. The molecule has 0 spiro atoms. The van der Waals surface area contributed by atoms with Crippen molar-refractivity contribution in [3.05, 3.63) is 0 Å². The second kappa shape index (κ2) is 24.8. The first kappa shape index (κ1) is 30.1. The maximum Gasteiger partial charge on any atom is 1.00 e. The maximum atomic E-state index is 8.90. The number of carbonyl (C=O) groups excluding carboxylic acids is 1. The second-order valence-electron chi connectivity index (χ2n) is 1.05. The van der Waals surface area contributed by atoms with Crippen LogP contribution in [0.4, 0.5) is 14.4 Å². The van der Waals surface area contributed by atoms with Crippen LogP contribution in [0.15, 0.2) is 0 Å². The van der Waals surface area contributed by atoms with Gasteiger partial charge < -0.3 is 30.3 Å². The first-order valence-electron chi connectivity index (χ1n) is 2.41. The van der Waals surface area contributed by atoms with Gasteiger partial charge >= 0.3 is 71.4 Å². The summed E-state index contributed by atoms with van der Waals surface area (Å²) in [5.74, 6) is 0. The van der Waals surface area contributed by atoms with Crippen LogP contribution in [-0.2, 0) is 14.7 Å². The molecule has 12 nitrogen and oxygen atoms in total. The van der Waals surface area contributed by atoms with Gasteiger partial charge in [-0.25, -0.2) is 9.59 Å². The summed E-state index contributed by atoms with van der Waals surface area (Å²) in [5.41, 5.74) is 0. The summed E-state index contributed by atoms with van der Waals surface area (Å²) in [4.78, 5) is 34.2. The molecular formula is C3H4Na2O12. The van der Waals surface area contributed by atoms with Gasteiger partial charge in [0.2, 0.25) is 6.16 Å². The topological polar surface area (TPSA) is 206 Å². The predicted octanol–water partition coefficient (Wildman–Crippen LogP) is -8.06. The van der Waals surface area contributed by atoms with E-state index in [2.05, 4.69) is 14.7 Å². The van der Waals surface area contributed by atoms with E-state index < -0.39 is 18.5 Å². The SMILES string of the molecule is O=C(O)OO.O=C(O)OO.O=C([O-])O[O-].[Na+].[Na+]. The maximum absolute atomic E-state index is 8.90. The van der Waals surface area contributed by atoms with Crippen LogP contribution >= 0.6 is 0 Å². The molecule has 0 atom stereocenters. The van der Waals surface area contributed by atoms with E-state index in [4.69, 9.17) is 45.5 Å². The van der Waals surface area contributed by atoms with Gasteiger partial charge in [0.25, 0.3) is 0 Å². The summed E-state index contributed by atoms with van der Waals surface area (Å²) in [5, 5.41) is 45.8. The third-order valence-corrected chi connectivity index (χ3v) is 0.224. The first-order valence-corrected chi connectivity index (χ1v) is 2.41. The van der Waals surface area contributed by atoms with Crippen LogP contribution in [0.25, 0.3) is 0 Å². The number of hydrogen-bond donors (Lipinski definition) is 4. The Hall–Kier alpha value is -0.310. The molecule has 0 aliphatic carbocycles. The van der Waals surface area contributed by atoms with Crippen LogP contribution in [0.2, 0.25) is 0 Å². The Kier molecular flexibility index (Phi) is 43.8. The van der Waals surface area contributed by atoms with Crippen molar-refractivity contribution in [2.45, 2.75) is 0 Å². The molecule has 0 fully saturated rings. The second-order valence-corrected chi connectivity index (χ2v) is 1.05. The molecule has 0 amide bonds. The zero-order valence-corrected chi connectivity index (χ0v) is 12.6. The molecule has 0 aromatic rings. The van der Waals surface area contributed by atoms with Crippen molar-refractivity contribution in [3.8, 4) is 0 Å². The Bertz CT molecular complexity index is 159. The Morgan fingerprint density at radius 3 is 1.00 bits per heavy atom. The van der Waals surface area contributed by atoms with Gasteiger partial charge in [-0.15, -0.1) is 0 Å². The van der Waals surface area contributed by atoms with E-state index in [0.717, 1.165) is 0 Å². The van der Waals surface area contributed by atoms with Gasteiger partial charge in [0.15, 0.2) is 0 Å². The number of hydrogen-bond acceptors (Lipinski definition) is 10. The molecule has 4 N–H and O–H groups in total. The van der Waals surface area contributed by atoms with Crippen LogP contribution in [0, 0.1) is 0 Å².